The van der Waals surface area contributed by atoms with Crippen molar-refractivity contribution >= 4 is 22.5 Å². The van der Waals surface area contributed by atoms with Crippen LogP contribution in [0.3, 0.4) is 0 Å². The van der Waals surface area contributed by atoms with Crippen molar-refractivity contribution in [3.05, 3.63) is 66.5 Å². The van der Waals surface area contributed by atoms with Gasteiger partial charge in [0.05, 0.1) is 26.3 Å². The summed E-state index contributed by atoms with van der Waals surface area (Å²) in [5.74, 6) is 3.23. The number of nitrogens with zero attached hydrogens (tertiary/aromatic N) is 5. The Morgan fingerprint density at radius 1 is 0.971 bits per heavy atom. The van der Waals surface area contributed by atoms with E-state index in [0.29, 0.717) is 42.1 Å². The average Bonchev–Trinajstić information content (AvgIpc) is 3.36. The molecule has 9 nitrogen and oxygen atoms in total. The first kappa shape index (κ1) is 22.4. The van der Waals surface area contributed by atoms with E-state index in [1.165, 1.54) is 5.56 Å². The predicted molar refractivity (Wildman–Crippen MR) is 134 cm³/mol. The Balaban J connectivity index is 1.52. The molecular formula is C26H26N6O3. The van der Waals surface area contributed by atoms with Gasteiger partial charge in [0.2, 0.25) is 5.95 Å². The van der Waals surface area contributed by atoms with Crippen molar-refractivity contribution in [1.82, 2.24) is 24.6 Å². The van der Waals surface area contributed by atoms with Crippen molar-refractivity contribution in [3.63, 3.8) is 0 Å². The highest BCUT2D eigenvalue weighted by molar-refractivity contribution is 5.95. The molecule has 0 unspecified atom stereocenters. The summed E-state index contributed by atoms with van der Waals surface area (Å²) in [6.45, 7) is 3.29. The maximum absolute atomic E-state index is 5.53. The van der Waals surface area contributed by atoms with E-state index in [9.17, 15) is 0 Å². The molecule has 0 amide bonds. The van der Waals surface area contributed by atoms with Gasteiger partial charge in [-0.05, 0) is 49.2 Å². The van der Waals surface area contributed by atoms with Crippen LogP contribution in [-0.2, 0) is 6.42 Å². The van der Waals surface area contributed by atoms with Crippen LogP contribution in [0, 0.1) is 0 Å². The molecule has 0 aliphatic carbocycles. The predicted octanol–water partition coefficient (Wildman–Crippen LogP) is 4.41. The molecule has 0 fully saturated rings. The van der Waals surface area contributed by atoms with Gasteiger partial charge in [-0.3, -0.25) is 4.98 Å². The summed E-state index contributed by atoms with van der Waals surface area (Å²) in [6, 6.07) is 15.6. The van der Waals surface area contributed by atoms with Gasteiger partial charge in [-0.25, -0.2) is 9.97 Å². The minimum Gasteiger partial charge on any atom is -0.494 e. The minimum atomic E-state index is 0.566. The van der Waals surface area contributed by atoms with Crippen LogP contribution in [0.15, 0.2) is 60.9 Å². The van der Waals surface area contributed by atoms with E-state index in [0.717, 1.165) is 28.6 Å². The molecule has 3 heterocycles. The standard InChI is InChI=1S/C26H26N6O3/c1-4-35-19-9-7-17(8-10-19)11-13-28-26-29-21-15-23(34-3)22(33-2)14-20(21)25-30-24(31-32(25)26)18-6-5-12-27-16-18/h5-10,12,14-16H,4,11,13H2,1-3H3,(H,28,29). The van der Waals surface area contributed by atoms with Gasteiger partial charge in [0.25, 0.3) is 0 Å². The summed E-state index contributed by atoms with van der Waals surface area (Å²) in [5.41, 5.74) is 3.41. The molecular weight excluding hydrogens is 444 g/mol. The van der Waals surface area contributed by atoms with Crippen molar-refractivity contribution in [3.8, 4) is 28.6 Å². The Morgan fingerprint density at radius 3 is 2.49 bits per heavy atom. The third-order valence-electron chi connectivity index (χ3n) is 5.63. The molecule has 0 aliphatic rings. The van der Waals surface area contributed by atoms with Crippen LogP contribution in [-0.4, -0.2) is 51.9 Å². The third kappa shape index (κ3) is 4.52. The maximum atomic E-state index is 5.53. The molecule has 5 aromatic rings. The first-order valence-electron chi connectivity index (χ1n) is 11.4. The highest BCUT2D eigenvalue weighted by Gasteiger charge is 2.17. The highest BCUT2D eigenvalue weighted by Crippen LogP contribution is 2.34. The van der Waals surface area contributed by atoms with Crippen molar-refractivity contribution in [2.75, 3.05) is 32.7 Å². The number of hydrogen-bond donors (Lipinski definition) is 1. The lowest BCUT2D eigenvalue weighted by Crippen LogP contribution is -2.11. The van der Waals surface area contributed by atoms with Gasteiger partial charge in [-0.15, -0.1) is 5.10 Å². The number of benzene rings is 2. The van der Waals surface area contributed by atoms with Crippen molar-refractivity contribution in [2.45, 2.75) is 13.3 Å². The minimum absolute atomic E-state index is 0.566. The molecule has 2 aromatic carbocycles. The zero-order valence-corrected chi connectivity index (χ0v) is 19.9. The fourth-order valence-electron chi connectivity index (χ4n) is 3.90. The number of ether oxygens (including phenoxy) is 3. The van der Waals surface area contributed by atoms with Crippen LogP contribution < -0.4 is 19.5 Å². The first-order chi connectivity index (χ1) is 17.2. The second-order valence-corrected chi connectivity index (χ2v) is 7.83. The normalized spacial score (nSPS) is 11.1. The zero-order chi connectivity index (χ0) is 24.2. The van der Waals surface area contributed by atoms with E-state index in [-0.39, 0.29) is 0 Å². The Morgan fingerprint density at radius 2 is 1.77 bits per heavy atom. The van der Waals surface area contributed by atoms with Gasteiger partial charge in [0.15, 0.2) is 23.0 Å². The van der Waals surface area contributed by atoms with E-state index < -0.39 is 0 Å². The quantitative estimate of drug-likeness (QED) is 0.338. The van der Waals surface area contributed by atoms with Crippen LogP contribution >= 0.6 is 0 Å². The lowest BCUT2D eigenvalue weighted by molar-refractivity contribution is 0.340. The van der Waals surface area contributed by atoms with E-state index in [2.05, 4.69) is 22.4 Å². The summed E-state index contributed by atoms with van der Waals surface area (Å²) in [7, 11) is 3.21. The van der Waals surface area contributed by atoms with Crippen LogP contribution in [0.1, 0.15) is 12.5 Å². The van der Waals surface area contributed by atoms with E-state index in [1.54, 1.807) is 31.1 Å². The largest absolute Gasteiger partial charge is 0.494 e. The number of rotatable bonds is 9. The Labute approximate surface area is 202 Å². The molecule has 1 N–H and O–H groups in total. The summed E-state index contributed by atoms with van der Waals surface area (Å²) in [4.78, 5) is 13.9. The van der Waals surface area contributed by atoms with Crippen molar-refractivity contribution in [2.24, 2.45) is 0 Å². The molecule has 0 aliphatic heterocycles. The second kappa shape index (κ2) is 9.84. The molecule has 9 heteroatoms. The van der Waals surface area contributed by atoms with E-state index in [1.807, 2.05) is 43.3 Å². The monoisotopic (exact) mass is 470 g/mol. The topological polar surface area (TPSA) is 95.7 Å². The Bertz CT molecular complexity index is 1450. The SMILES string of the molecule is CCOc1ccc(CCNc2nc3cc(OC)c(OC)cc3c3nc(-c4cccnc4)nn23)cc1. The Kier molecular flexibility index (Phi) is 6.30. The molecule has 0 saturated heterocycles. The average molecular weight is 471 g/mol. The van der Waals surface area contributed by atoms with Crippen molar-refractivity contribution < 1.29 is 14.2 Å². The van der Waals surface area contributed by atoms with Crippen LogP contribution in [0.4, 0.5) is 5.95 Å². The van der Waals surface area contributed by atoms with Gasteiger partial charge in [-0.1, -0.05) is 12.1 Å². The maximum Gasteiger partial charge on any atom is 0.226 e. The Hall–Kier alpha value is -4.40. The number of pyridine rings is 1. The summed E-state index contributed by atoms with van der Waals surface area (Å²) in [5, 5.41) is 8.98. The molecule has 5 rings (SSSR count). The van der Waals surface area contributed by atoms with Crippen LogP contribution in [0.2, 0.25) is 0 Å². The highest BCUT2D eigenvalue weighted by atomic mass is 16.5. The molecule has 0 saturated carbocycles. The van der Waals surface area contributed by atoms with Gasteiger partial charge < -0.3 is 19.5 Å². The van der Waals surface area contributed by atoms with E-state index >= 15 is 0 Å². The van der Waals surface area contributed by atoms with Crippen molar-refractivity contribution in [1.29, 1.82) is 0 Å². The first-order valence-corrected chi connectivity index (χ1v) is 11.4. The fraction of sp³-hybridized carbons (Fsp3) is 0.231. The molecule has 3 aromatic heterocycles. The van der Waals surface area contributed by atoms with Gasteiger partial charge >= 0.3 is 0 Å². The number of methoxy groups -OCH3 is 2. The summed E-state index contributed by atoms with van der Waals surface area (Å²) >= 11 is 0. The number of fused-ring (bicyclic) bond motifs is 3. The number of aromatic nitrogens is 5. The second-order valence-electron chi connectivity index (χ2n) is 7.83. The van der Waals surface area contributed by atoms with E-state index in [4.69, 9.17) is 29.3 Å². The van der Waals surface area contributed by atoms with Crippen LogP contribution in [0.25, 0.3) is 27.9 Å². The molecule has 0 radical (unpaired) electrons. The summed E-state index contributed by atoms with van der Waals surface area (Å²) < 4.78 is 18.3. The number of anilines is 1. The third-order valence-corrected chi connectivity index (χ3v) is 5.63. The molecule has 35 heavy (non-hydrogen) atoms. The van der Waals surface area contributed by atoms with Gasteiger partial charge in [0.1, 0.15) is 5.75 Å². The summed E-state index contributed by atoms with van der Waals surface area (Å²) in [6.07, 6.45) is 4.28. The molecule has 0 spiro atoms. The lowest BCUT2D eigenvalue weighted by atomic mass is 10.1. The fourth-order valence-corrected chi connectivity index (χ4v) is 3.90. The molecule has 0 bridgehead atoms. The molecule has 0 atom stereocenters. The van der Waals surface area contributed by atoms with Crippen LogP contribution in [0.5, 0.6) is 17.2 Å². The molecule has 178 valence electrons. The zero-order valence-electron chi connectivity index (χ0n) is 19.9. The number of nitrogens with one attached hydrogen (secondary N) is 1. The van der Waals surface area contributed by atoms with Gasteiger partial charge in [0, 0.05) is 36.0 Å². The number of hydrogen-bond acceptors (Lipinski definition) is 8. The van der Waals surface area contributed by atoms with Gasteiger partial charge in [-0.2, -0.15) is 4.52 Å². The smallest absolute Gasteiger partial charge is 0.226 e. The lowest BCUT2D eigenvalue weighted by Gasteiger charge is -2.12.